The molecule has 11 heteroatoms. The summed E-state index contributed by atoms with van der Waals surface area (Å²) in [6.45, 7) is 9.42. The molecule has 38 heavy (non-hydrogen) atoms. The van der Waals surface area contributed by atoms with E-state index in [4.69, 9.17) is 4.74 Å². The minimum Gasteiger partial charge on any atom is -0.462 e. The van der Waals surface area contributed by atoms with Crippen LogP contribution in [0.3, 0.4) is 0 Å². The Morgan fingerprint density at radius 2 is 1.97 bits per heavy atom. The molecule has 0 spiro atoms. The molecule has 0 aliphatic carbocycles. The van der Waals surface area contributed by atoms with Crippen molar-refractivity contribution in [2.45, 2.75) is 25.9 Å². The van der Waals surface area contributed by atoms with Crippen LogP contribution in [0.15, 0.2) is 36.7 Å². The molecule has 198 valence electrons. The molecule has 4 heterocycles. The molecule has 0 bridgehead atoms. The first-order chi connectivity index (χ1) is 18.3. The fraction of sp³-hybridized carbons (Fsp3) is 0.407. The van der Waals surface area contributed by atoms with Crippen LogP contribution < -0.4 is 20.3 Å². The van der Waals surface area contributed by atoms with Gasteiger partial charge in [-0.3, -0.25) is 14.4 Å². The topological polar surface area (TPSA) is 100 Å². The fourth-order valence-corrected chi connectivity index (χ4v) is 5.18. The zero-order chi connectivity index (χ0) is 26.4. The van der Waals surface area contributed by atoms with E-state index in [0.717, 1.165) is 43.8 Å². The summed E-state index contributed by atoms with van der Waals surface area (Å²) in [5, 5.41) is 11.9. The summed E-state index contributed by atoms with van der Waals surface area (Å²) in [5.74, 6) is -0.884. The average Bonchev–Trinajstić information content (AvgIpc) is 3.61. The number of carbonyl (C=O) groups is 1. The van der Waals surface area contributed by atoms with Crippen molar-refractivity contribution in [3.05, 3.63) is 48.0 Å². The Balaban J connectivity index is 1.35. The lowest BCUT2D eigenvalue weighted by atomic mass is 10.0. The smallest absolute Gasteiger partial charge is 0.316 e. The van der Waals surface area contributed by atoms with Gasteiger partial charge in [0.25, 0.3) is 5.91 Å². The van der Waals surface area contributed by atoms with Crippen LogP contribution in [0.5, 0.6) is 6.01 Å². The number of aryl methyl sites for hydroxylation is 1. The predicted octanol–water partition coefficient (Wildman–Crippen LogP) is 2.79. The third kappa shape index (κ3) is 4.99. The SMILES string of the molecule is C[C@H]1CN(c2ccc(C(=O)Nc3cc(F)c4nn(C)cc4c3)c3nc(OCCN4CC4)ncc23)C[C@H](C)N1. The van der Waals surface area contributed by atoms with Crippen molar-refractivity contribution in [3.63, 3.8) is 0 Å². The first-order valence-electron chi connectivity index (χ1n) is 12.9. The highest BCUT2D eigenvalue weighted by atomic mass is 19.1. The minimum atomic E-state index is -0.495. The van der Waals surface area contributed by atoms with Crippen molar-refractivity contribution in [1.82, 2.24) is 30.0 Å². The normalized spacial score (nSPS) is 19.7. The number of hydrogen-bond acceptors (Lipinski definition) is 8. The maximum Gasteiger partial charge on any atom is 0.316 e. The highest BCUT2D eigenvalue weighted by molar-refractivity contribution is 6.14. The summed E-state index contributed by atoms with van der Waals surface area (Å²) >= 11 is 0. The molecule has 10 nitrogen and oxygen atoms in total. The quantitative estimate of drug-likeness (QED) is 0.361. The molecule has 2 N–H and O–H groups in total. The maximum absolute atomic E-state index is 14.6. The number of amides is 1. The van der Waals surface area contributed by atoms with E-state index < -0.39 is 5.82 Å². The number of nitrogens with one attached hydrogen (secondary N) is 2. The first kappa shape index (κ1) is 24.5. The number of rotatable bonds is 7. The number of carbonyl (C=O) groups excluding carboxylic acids is 1. The molecular weight excluding hydrogens is 487 g/mol. The Bertz CT molecular complexity index is 1510. The fourth-order valence-electron chi connectivity index (χ4n) is 5.18. The van der Waals surface area contributed by atoms with E-state index in [1.54, 1.807) is 36.3 Å². The van der Waals surface area contributed by atoms with Crippen LogP contribution in [0.2, 0.25) is 0 Å². The Morgan fingerprint density at radius 3 is 2.74 bits per heavy atom. The standard InChI is InChI=1S/C27H31FN8O2/c1-16-13-36(14-17(2)30-16)23-5-4-20(25-21(23)12-29-27(32-25)38-9-8-35-6-7-35)26(37)31-19-10-18-15-34(3)33-24(18)22(28)11-19/h4-5,10-12,15-17,30H,6-9,13-14H2,1-3H3,(H,31,37)/t16-,17-/m0/s1. The number of anilines is 2. The van der Waals surface area contributed by atoms with E-state index in [2.05, 4.69) is 49.3 Å². The third-order valence-corrected chi connectivity index (χ3v) is 6.96. The van der Waals surface area contributed by atoms with Gasteiger partial charge in [0.05, 0.1) is 11.1 Å². The number of hydrogen-bond donors (Lipinski definition) is 2. The molecule has 0 unspecified atom stereocenters. The Kier molecular flexibility index (Phi) is 6.32. The van der Waals surface area contributed by atoms with E-state index >= 15 is 0 Å². The van der Waals surface area contributed by atoms with Gasteiger partial charge in [-0.05, 0) is 38.1 Å². The lowest BCUT2D eigenvalue weighted by Gasteiger charge is -2.38. The molecule has 2 fully saturated rings. The molecule has 2 aliphatic heterocycles. The van der Waals surface area contributed by atoms with Gasteiger partial charge in [0.2, 0.25) is 0 Å². The lowest BCUT2D eigenvalue weighted by Crippen LogP contribution is -2.54. The Hall–Kier alpha value is -3.83. The second-order valence-electron chi connectivity index (χ2n) is 10.3. The summed E-state index contributed by atoms with van der Waals surface area (Å²) in [6.07, 6.45) is 3.45. The van der Waals surface area contributed by atoms with Gasteiger partial charge in [-0.25, -0.2) is 9.37 Å². The Labute approximate surface area is 219 Å². The van der Waals surface area contributed by atoms with E-state index in [-0.39, 0.29) is 17.4 Å². The summed E-state index contributed by atoms with van der Waals surface area (Å²) in [4.78, 5) is 27.2. The van der Waals surface area contributed by atoms with Gasteiger partial charge >= 0.3 is 6.01 Å². The van der Waals surface area contributed by atoms with Gasteiger partial charge in [-0.1, -0.05) is 0 Å². The number of piperazine rings is 1. The van der Waals surface area contributed by atoms with Crippen molar-refractivity contribution in [3.8, 4) is 6.01 Å². The molecule has 0 saturated carbocycles. The van der Waals surface area contributed by atoms with Gasteiger partial charge in [-0.15, -0.1) is 0 Å². The third-order valence-electron chi connectivity index (χ3n) is 6.96. The highest BCUT2D eigenvalue weighted by Gasteiger charge is 2.25. The molecule has 4 aromatic rings. The van der Waals surface area contributed by atoms with Crippen molar-refractivity contribution < 1.29 is 13.9 Å². The number of benzene rings is 2. The monoisotopic (exact) mass is 518 g/mol. The molecule has 2 aromatic heterocycles. The van der Waals surface area contributed by atoms with Crippen molar-refractivity contribution in [2.75, 3.05) is 49.5 Å². The van der Waals surface area contributed by atoms with Crippen LogP contribution >= 0.6 is 0 Å². The van der Waals surface area contributed by atoms with Crippen LogP contribution in [0.25, 0.3) is 21.8 Å². The van der Waals surface area contributed by atoms with Crippen LogP contribution in [0.1, 0.15) is 24.2 Å². The second kappa shape index (κ2) is 9.80. The van der Waals surface area contributed by atoms with E-state index in [9.17, 15) is 9.18 Å². The van der Waals surface area contributed by atoms with Crippen LogP contribution in [0, 0.1) is 5.82 Å². The molecule has 2 atom stereocenters. The molecule has 0 radical (unpaired) electrons. The maximum atomic E-state index is 14.6. The van der Waals surface area contributed by atoms with Crippen molar-refractivity contribution in [2.24, 2.45) is 7.05 Å². The van der Waals surface area contributed by atoms with E-state index in [0.29, 0.717) is 40.8 Å². The van der Waals surface area contributed by atoms with Gasteiger partial charge in [-0.2, -0.15) is 10.1 Å². The molecule has 2 saturated heterocycles. The van der Waals surface area contributed by atoms with Gasteiger partial charge in [0, 0.05) is 86.4 Å². The second-order valence-corrected chi connectivity index (χ2v) is 10.3. The number of halogens is 1. The molecular formula is C27H31FN8O2. The largest absolute Gasteiger partial charge is 0.462 e. The first-order valence-corrected chi connectivity index (χ1v) is 12.9. The number of aromatic nitrogens is 4. The van der Waals surface area contributed by atoms with Crippen LogP contribution in [0.4, 0.5) is 15.8 Å². The molecule has 2 aromatic carbocycles. The van der Waals surface area contributed by atoms with E-state index in [1.807, 2.05) is 6.07 Å². The molecule has 1 amide bonds. The number of fused-ring (bicyclic) bond motifs is 2. The molecule has 2 aliphatic rings. The predicted molar refractivity (Wildman–Crippen MR) is 144 cm³/mol. The zero-order valence-corrected chi connectivity index (χ0v) is 21.7. The van der Waals surface area contributed by atoms with Crippen molar-refractivity contribution >= 4 is 39.1 Å². The molecule has 6 rings (SSSR count). The van der Waals surface area contributed by atoms with Crippen LogP contribution in [-0.2, 0) is 7.05 Å². The summed E-state index contributed by atoms with van der Waals surface area (Å²) in [6, 6.07) is 7.57. The minimum absolute atomic E-state index is 0.232. The highest BCUT2D eigenvalue weighted by Crippen LogP contribution is 2.31. The van der Waals surface area contributed by atoms with Gasteiger partial charge in [0.1, 0.15) is 12.1 Å². The van der Waals surface area contributed by atoms with Crippen LogP contribution in [-0.4, -0.2) is 82.0 Å². The lowest BCUT2D eigenvalue weighted by molar-refractivity contribution is 0.102. The van der Waals surface area contributed by atoms with Crippen molar-refractivity contribution in [1.29, 1.82) is 0 Å². The zero-order valence-electron chi connectivity index (χ0n) is 21.7. The number of ether oxygens (including phenoxy) is 1. The Morgan fingerprint density at radius 1 is 1.18 bits per heavy atom. The summed E-state index contributed by atoms with van der Waals surface area (Å²) in [7, 11) is 1.73. The average molecular weight is 519 g/mol. The van der Waals surface area contributed by atoms with Gasteiger partial charge in [0.15, 0.2) is 5.82 Å². The van der Waals surface area contributed by atoms with Gasteiger partial charge < -0.3 is 20.3 Å². The summed E-state index contributed by atoms with van der Waals surface area (Å²) < 4.78 is 22.0. The summed E-state index contributed by atoms with van der Waals surface area (Å²) in [5.41, 5.74) is 2.44. The van der Waals surface area contributed by atoms with E-state index in [1.165, 1.54) is 6.07 Å². The number of nitrogens with zero attached hydrogens (tertiary/aromatic N) is 6.